The summed E-state index contributed by atoms with van der Waals surface area (Å²) in [4.78, 5) is 0. The third kappa shape index (κ3) is 3.98. The van der Waals surface area contributed by atoms with Gasteiger partial charge in [0.2, 0.25) is 0 Å². The summed E-state index contributed by atoms with van der Waals surface area (Å²) in [5.41, 5.74) is 1.21. The van der Waals surface area contributed by atoms with Crippen molar-refractivity contribution in [1.82, 2.24) is 0 Å². The van der Waals surface area contributed by atoms with Gasteiger partial charge in [0.1, 0.15) is 0 Å². The second kappa shape index (κ2) is 7.52. The predicted octanol–water partition coefficient (Wildman–Crippen LogP) is 4.95. The van der Waals surface area contributed by atoms with Gasteiger partial charge in [0.15, 0.2) is 0 Å². The Hall–Kier alpha value is -0.0431. The first-order valence-corrected chi connectivity index (χ1v) is 10.3. The number of hydrogen-bond acceptors (Lipinski definition) is 0. The van der Waals surface area contributed by atoms with Crippen LogP contribution in [0.25, 0.3) is 0 Å². The first-order valence-electron chi connectivity index (χ1n) is 8.46. The Morgan fingerprint density at radius 3 is 2.00 bits per heavy atom. The summed E-state index contributed by atoms with van der Waals surface area (Å²) in [6.45, 7) is 6.32. The lowest BCUT2D eigenvalue weighted by atomic mass is 9.71. The van der Waals surface area contributed by atoms with Crippen molar-refractivity contribution >= 4 is 9.52 Å². The van der Waals surface area contributed by atoms with E-state index in [-0.39, 0.29) is 9.52 Å². The fourth-order valence-electron chi connectivity index (χ4n) is 4.29. The second-order valence-corrected chi connectivity index (χ2v) is 9.27. The Kier molecular flexibility index (Phi) is 6.00. The molecule has 0 nitrogen and oxygen atoms in total. The summed E-state index contributed by atoms with van der Waals surface area (Å²) >= 11 is 0. The molecule has 0 aromatic rings. The molecule has 0 aliphatic heterocycles. The first-order chi connectivity index (χ1) is 8.83. The Bertz CT molecular complexity index is 232. The molecule has 0 N–H and O–H groups in total. The van der Waals surface area contributed by atoms with Crippen LogP contribution in [0.2, 0.25) is 11.6 Å². The SMILES string of the molecule is C=CC1CCC([C@H]2CC[C@H]([SiH2]CCC)CC2)CC1. The van der Waals surface area contributed by atoms with Gasteiger partial charge in [-0.3, -0.25) is 0 Å². The molecule has 18 heavy (non-hydrogen) atoms. The zero-order valence-electron chi connectivity index (χ0n) is 12.4. The molecular weight excluding hydrogens is 232 g/mol. The molecule has 0 atom stereocenters. The van der Waals surface area contributed by atoms with Crippen LogP contribution in [-0.2, 0) is 0 Å². The zero-order valence-corrected chi connectivity index (χ0v) is 13.8. The maximum Gasteiger partial charge on any atom is 0.0231 e. The molecule has 2 aliphatic carbocycles. The van der Waals surface area contributed by atoms with E-state index in [1.807, 2.05) is 0 Å². The monoisotopic (exact) mass is 264 g/mol. The topological polar surface area (TPSA) is 0 Å². The molecule has 0 saturated heterocycles. The summed E-state index contributed by atoms with van der Waals surface area (Å²) in [5, 5.41) is 0. The van der Waals surface area contributed by atoms with Crippen LogP contribution >= 0.6 is 0 Å². The number of hydrogen-bond donors (Lipinski definition) is 0. The Morgan fingerprint density at radius 1 is 0.944 bits per heavy atom. The number of rotatable bonds is 5. The van der Waals surface area contributed by atoms with Crippen LogP contribution in [0.1, 0.15) is 64.7 Å². The summed E-state index contributed by atoms with van der Waals surface area (Å²) in [6, 6.07) is 1.60. The van der Waals surface area contributed by atoms with E-state index in [9.17, 15) is 0 Å². The Labute approximate surface area is 116 Å². The van der Waals surface area contributed by atoms with Crippen molar-refractivity contribution in [1.29, 1.82) is 0 Å². The molecular formula is C17H32Si. The molecule has 0 aromatic carbocycles. The van der Waals surface area contributed by atoms with Gasteiger partial charge in [-0.25, -0.2) is 0 Å². The minimum absolute atomic E-state index is 0.289. The van der Waals surface area contributed by atoms with Crippen LogP contribution in [0, 0.1) is 17.8 Å². The molecule has 2 aliphatic rings. The normalized spacial score (nSPS) is 38.1. The number of allylic oxidation sites excluding steroid dienone is 1. The van der Waals surface area contributed by atoms with Gasteiger partial charge in [-0.2, -0.15) is 0 Å². The van der Waals surface area contributed by atoms with Gasteiger partial charge >= 0.3 is 0 Å². The lowest BCUT2D eigenvalue weighted by molar-refractivity contribution is 0.180. The van der Waals surface area contributed by atoms with Crippen molar-refractivity contribution in [2.24, 2.45) is 17.8 Å². The molecule has 0 unspecified atom stereocenters. The highest BCUT2D eigenvalue weighted by molar-refractivity contribution is 6.37. The van der Waals surface area contributed by atoms with Gasteiger partial charge in [0, 0.05) is 9.52 Å². The smallest absolute Gasteiger partial charge is 0.0231 e. The molecule has 0 bridgehead atoms. The van der Waals surface area contributed by atoms with Crippen molar-refractivity contribution in [3.8, 4) is 0 Å². The van der Waals surface area contributed by atoms with E-state index in [1.165, 1.54) is 37.6 Å². The molecule has 2 saturated carbocycles. The molecule has 0 aromatic heterocycles. The molecule has 104 valence electrons. The summed E-state index contributed by atoms with van der Waals surface area (Å²) in [6.07, 6.45) is 15.8. The highest BCUT2D eigenvalue weighted by Crippen LogP contribution is 2.42. The molecule has 0 amide bonds. The maximum atomic E-state index is 3.96. The van der Waals surface area contributed by atoms with Crippen molar-refractivity contribution in [3.63, 3.8) is 0 Å². The van der Waals surface area contributed by atoms with Gasteiger partial charge in [-0.15, -0.1) is 6.58 Å². The van der Waals surface area contributed by atoms with Crippen molar-refractivity contribution in [3.05, 3.63) is 12.7 Å². The van der Waals surface area contributed by atoms with Crippen LogP contribution in [0.15, 0.2) is 12.7 Å². The maximum absolute atomic E-state index is 3.96. The lowest BCUT2D eigenvalue weighted by Gasteiger charge is -2.37. The summed E-state index contributed by atoms with van der Waals surface area (Å²) in [5.74, 6) is 3.02. The Morgan fingerprint density at radius 2 is 1.50 bits per heavy atom. The van der Waals surface area contributed by atoms with E-state index < -0.39 is 0 Å². The fraction of sp³-hybridized carbons (Fsp3) is 0.882. The molecule has 0 spiro atoms. The average Bonchev–Trinajstić information content (AvgIpc) is 2.46. The first kappa shape index (κ1) is 14.4. The molecule has 0 radical (unpaired) electrons. The highest BCUT2D eigenvalue weighted by Gasteiger charge is 2.29. The molecule has 1 heteroatoms. The van der Waals surface area contributed by atoms with Gasteiger partial charge in [-0.1, -0.05) is 56.7 Å². The fourth-order valence-corrected chi connectivity index (χ4v) is 6.33. The van der Waals surface area contributed by atoms with E-state index in [1.54, 1.807) is 31.7 Å². The second-order valence-electron chi connectivity index (χ2n) is 6.83. The van der Waals surface area contributed by atoms with E-state index >= 15 is 0 Å². The van der Waals surface area contributed by atoms with Crippen LogP contribution in [-0.4, -0.2) is 9.52 Å². The predicted molar refractivity (Wildman–Crippen MR) is 85.0 cm³/mol. The lowest BCUT2D eigenvalue weighted by Crippen LogP contribution is -2.25. The quantitative estimate of drug-likeness (QED) is 0.486. The van der Waals surface area contributed by atoms with Crippen molar-refractivity contribution in [2.45, 2.75) is 76.3 Å². The largest absolute Gasteiger partial charge is 0.103 e. The zero-order chi connectivity index (χ0) is 12.8. The minimum Gasteiger partial charge on any atom is -0.103 e. The molecule has 2 fully saturated rings. The Balaban J connectivity index is 1.68. The van der Waals surface area contributed by atoms with E-state index in [0.717, 1.165) is 17.8 Å². The molecule has 2 rings (SSSR count). The third-order valence-corrected chi connectivity index (χ3v) is 8.42. The van der Waals surface area contributed by atoms with E-state index in [2.05, 4.69) is 19.6 Å². The van der Waals surface area contributed by atoms with Crippen LogP contribution in [0.4, 0.5) is 0 Å². The van der Waals surface area contributed by atoms with Gasteiger partial charge in [0.25, 0.3) is 0 Å². The van der Waals surface area contributed by atoms with Crippen LogP contribution in [0.5, 0.6) is 0 Å². The standard InChI is InChI=1S/C17H32Si/c1-3-13-18-17-11-9-16(10-12-17)15-7-5-14(4-2)6-8-15/h4,14-17H,2-3,5-13,18H2,1H3/t14?,15?,16-,17-. The molecule has 0 heterocycles. The van der Waals surface area contributed by atoms with Gasteiger partial charge < -0.3 is 0 Å². The van der Waals surface area contributed by atoms with Gasteiger partial charge in [0.05, 0.1) is 0 Å². The summed E-state index contributed by atoms with van der Waals surface area (Å²) in [7, 11) is 0.289. The van der Waals surface area contributed by atoms with Crippen LogP contribution in [0.3, 0.4) is 0 Å². The third-order valence-electron chi connectivity index (χ3n) is 5.67. The van der Waals surface area contributed by atoms with Crippen molar-refractivity contribution in [2.75, 3.05) is 0 Å². The van der Waals surface area contributed by atoms with Gasteiger partial charge in [-0.05, 0) is 43.4 Å². The average molecular weight is 265 g/mol. The van der Waals surface area contributed by atoms with E-state index in [4.69, 9.17) is 0 Å². The highest BCUT2D eigenvalue weighted by atomic mass is 28.2. The van der Waals surface area contributed by atoms with Crippen LogP contribution < -0.4 is 0 Å². The minimum atomic E-state index is 0.289. The summed E-state index contributed by atoms with van der Waals surface area (Å²) < 4.78 is 0. The van der Waals surface area contributed by atoms with Crippen molar-refractivity contribution < 1.29 is 0 Å². The van der Waals surface area contributed by atoms with E-state index in [0.29, 0.717) is 0 Å².